The fourth-order valence-corrected chi connectivity index (χ4v) is 2.18. The maximum Gasteiger partial charge on any atom is 0.151 e. The fourth-order valence-electron chi connectivity index (χ4n) is 1.08. The van der Waals surface area contributed by atoms with E-state index in [0.29, 0.717) is 21.8 Å². The minimum absolute atomic E-state index is 0.370. The minimum Gasteiger partial charge on any atom is -0.494 e. The third-order valence-electron chi connectivity index (χ3n) is 2.15. The molecule has 0 aliphatic carbocycles. The Bertz CT molecular complexity index is 495. The summed E-state index contributed by atoms with van der Waals surface area (Å²) in [7, 11) is 0.300. The average molecular weight is 333 g/mol. The summed E-state index contributed by atoms with van der Waals surface area (Å²) >= 11 is 3.31. The molecule has 0 bridgehead atoms. The molecule has 0 spiro atoms. The van der Waals surface area contributed by atoms with Crippen LogP contribution in [0.3, 0.4) is 0 Å². The van der Waals surface area contributed by atoms with Gasteiger partial charge in [0.05, 0.1) is 23.3 Å². The summed E-state index contributed by atoms with van der Waals surface area (Å²) in [6.45, 7) is 7.46. The van der Waals surface area contributed by atoms with Crippen LogP contribution in [0.4, 0.5) is 0 Å². The van der Waals surface area contributed by atoms with Gasteiger partial charge in [-0.25, -0.2) is 9.19 Å². The summed E-state index contributed by atoms with van der Waals surface area (Å²) in [5.41, 5.74) is 1.33. The second kappa shape index (κ2) is 5.93. The Labute approximate surface area is 119 Å². The van der Waals surface area contributed by atoms with Gasteiger partial charge in [0, 0.05) is 0 Å². The topological polar surface area (TPSA) is 51.5 Å². The molecular weight excluding hydrogens is 316 g/mol. The van der Waals surface area contributed by atoms with Gasteiger partial charge in [0.15, 0.2) is 5.75 Å². The van der Waals surface area contributed by atoms with Crippen molar-refractivity contribution >= 4 is 32.6 Å². The van der Waals surface area contributed by atoms with Crippen LogP contribution < -0.4 is 4.74 Å². The summed E-state index contributed by atoms with van der Waals surface area (Å²) in [5, 5.41) is 0. The Morgan fingerprint density at radius 1 is 1.44 bits per heavy atom. The Morgan fingerprint density at radius 3 is 2.50 bits per heavy atom. The summed E-state index contributed by atoms with van der Waals surface area (Å²) in [6.07, 6.45) is 0. The van der Waals surface area contributed by atoms with Crippen molar-refractivity contribution < 1.29 is 8.95 Å². The van der Waals surface area contributed by atoms with Gasteiger partial charge in [-0.15, -0.1) is 0 Å². The van der Waals surface area contributed by atoms with Crippen molar-refractivity contribution in [1.29, 1.82) is 0 Å². The summed E-state index contributed by atoms with van der Waals surface area (Å²) in [6, 6.07) is 3.59. The number of halogens is 1. The van der Waals surface area contributed by atoms with E-state index in [0.717, 1.165) is 0 Å². The standard InChI is InChI=1S/C12H17BrN2O2S/c1-8(15-18(16)12(2,3)4)9-6-7-10(17-5)11(13)14-9/h6-7H,1-5H3. The lowest BCUT2D eigenvalue weighted by Crippen LogP contribution is -2.20. The number of nitrogens with zero attached hydrogens (tertiary/aromatic N) is 2. The van der Waals surface area contributed by atoms with Crippen LogP contribution in [-0.4, -0.2) is 26.8 Å². The quantitative estimate of drug-likeness (QED) is 0.631. The van der Waals surface area contributed by atoms with E-state index in [2.05, 4.69) is 25.3 Å². The van der Waals surface area contributed by atoms with Crippen LogP contribution in [-0.2, 0) is 11.0 Å². The van der Waals surface area contributed by atoms with E-state index in [1.165, 1.54) is 0 Å². The van der Waals surface area contributed by atoms with Gasteiger partial charge >= 0.3 is 0 Å². The first-order valence-corrected chi connectivity index (χ1v) is 7.34. The van der Waals surface area contributed by atoms with Gasteiger partial charge in [-0.1, -0.05) is 0 Å². The molecule has 4 nitrogen and oxygen atoms in total. The van der Waals surface area contributed by atoms with Gasteiger partial charge in [0.1, 0.15) is 15.6 Å². The van der Waals surface area contributed by atoms with Gasteiger partial charge in [-0.2, -0.15) is 4.40 Å². The summed E-state index contributed by atoms with van der Waals surface area (Å²) in [4.78, 5) is 4.31. The molecule has 100 valence electrons. The number of methoxy groups -OCH3 is 1. The van der Waals surface area contributed by atoms with E-state index < -0.39 is 11.0 Å². The maximum atomic E-state index is 11.9. The van der Waals surface area contributed by atoms with Crippen molar-refractivity contribution in [2.24, 2.45) is 4.40 Å². The molecule has 0 saturated heterocycles. The number of pyridine rings is 1. The average Bonchev–Trinajstić information content (AvgIpc) is 2.27. The first kappa shape index (κ1) is 15.3. The van der Waals surface area contributed by atoms with Crippen LogP contribution in [0.15, 0.2) is 21.1 Å². The predicted molar refractivity (Wildman–Crippen MR) is 78.6 cm³/mol. The molecule has 18 heavy (non-hydrogen) atoms. The van der Waals surface area contributed by atoms with Crippen molar-refractivity contribution in [3.63, 3.8) is 0 Å². The van der Waals surface area contributed by atoms with Crippen LogP contribution in [0.1, 0.15) is 33.4 Å². The van der Waals surface area contributed by atoms with Crippen LogP contribution >= 0.6 is 15.9 Å². The summed E-state index contributed by atoms with van der Waals surface area (Å²) < 4.78 is 21.4. The van der Waals surface area contributed by atoms with E-state index >= 15 is 0 Å². The smallest absolute Gasteiger partial charge is 0.151 e. The van der Waals surface area contributed by atoms with Crippen molar-refractivity contribution in [2.75, 3.05) is 7.11 Å². The van der Waals surface area contributed by atoms with Crippen LogP contribution in [0.2, 0.25) is 0 Å². The highest BCUT2D eigenvalue weighted by atomic mass is 79.9. The molecule has 0 aromatic carbocycles. The second-order valence-electron chi connectivity index (χ2n) is 4.73. The van der Waals surface area contributed by atoms with Crippen LogP contribution in [0.25, 0.3) is 0 Å². The first-order valence-electron chi connectivity index (χ1n) is 5.44. The van der Waals surface area contributed by atoms with Crippen molar-refractivity contribution in [3.8, 4) is 5.75 Å². The Balaban J connectivity index is 3.05. The molecule has 1 aromatic rings. The van der Waals surface area contributed by atoms with Crippen molar-refractivity contribution in [3.05, 3.63) is 22.4 Å². The number of hydrogen-bond donors (Lipinski definition) is 0. The lowest BCUT2D eigenvalue weighted by Gasteiger charge is -2.14. The van der Waals surface area contributed by atoms with Crippen molar-refractivity contribution in [2.45, 2.75) is 32.4 Å². The molecule has 0 amide bonds. The Hall–Kier alpha value is -0.750. The zero-order valence-corrected chi connectivity index (χ0v) is 13.6. The highest BCUT2D eigenvalue weighted by molar-refractivity contribution is 9.10. The number of rotatable bonds is 3. The van der Waals surface area contributed by atoms with Crippen LogP contribution in [0, 0.1) is 0 Å². The number of hydrogen-bond acceptors (Lipinski definition) is 3. The van der Waals surface area contributed by atoms with E-state index in [9.17, 15) is 4.21 Å². The second-order valence-corrected chi connectivity index (χ2v) is 7.38. The molecule has 1 aromatic heterocycles. The molecule has 0 saturated carbocycles. The maximum absolute atomic E-state index is 11.9. The normalized spacial score (nSPS) is 14.4. The summed E-state index contributed by atoms with van der Waals surface area (Å²) in [5.74, 6) is 0.656. The zero-order valence-electron chi connectivity index (χ0n) is 11.2. The van der Waals surface area contributed by atoms with E-state index in [4.69, 9.17) is 4.74 Å². The Morgan fingerprint density at radius 2 is 2.06 bits per heavy atom. The van der Waals surface area contributed by atoms with Crippen molar-refractivity contribution in [1.82, 2.24) is 4.98 Å². The fraction of sp³-hybridized carbons (Fsp3) is 0.500. The lowest BCUT2D eigenvalue weighted by molar-refractivity contribution is 0.409. The monoisotopic (exact) mass is 332 g/mol. The van der Waals surface area contributed by atoms with E-state index in [-0.39, 0.29) is 4.75 Å². The van der Waals surface area contributed by atoms with Gasteiger partial charge in [-0.3, -0.25) is 0 Å². The molecule has 0 radical (unpaired) electrons. The van der Waals surface area contributed by atoms with Gasteiger partial charge in [0.25, 0.3) is 0 Å². The SMILES string of the molecule is COc1ccc(C(C)=NS(=O)C(C)(C)C)nc1Br. The molecule has 1 atom stereocenters. The minimum atomic E-state index is -1.28. The lowest BCUT2D eigenvalue weighted by atomic mass is 10.2. The zero-order chi connectivity index (χ0) is 13.9. The van der Waals surface area contributed by atoms with Gasteiger partial charge < -0.3 is 4.74 Å². The van der Waals surface area contributed by atoms with Gasteiger partial charge in [-0.05, 0) is 55.8 Å². The highest BCUT2D eigenvalue weighted by Gasteiger charge is 2.19. The van der Waals surface area contributed by atoms with Gasteiger partial charge in [0.2, 0.25) is 0 Å². The number of aromatic nitrogens is 1. The highest BCUT2D eigenvalue weighted by Crippen LogP contribution is 2.22. The molecule has 6 heteroatoms. The molecule has 0 aliphatic heterocycles. The molecule has 0 aliphatic rings. The largest absolute Gasteiger partial charge is 0.494 e. The third-order valence-corrected chi connectivity index (χ3v) is 4.20. The molecule has 0 N–H and O–H groups in total. The number of ether oxygens (including phenoxy) is 1. The molecule has 1 rings (SSSR count). The first-order chi connectivity index (χ1) is 8.25. The molecule has 0 fully saturated rings. The van der Waals surface area contributed by atoms with E-state index in [1.807, 2.05) is 20.8 Å². The van der Waals surface area contributed by atoms with E-state index in [1.54, 1.807) is 26.2 Å². The Kier molecular flexibility index (Phi) is 5.04. The molecular formula is C12H17BrN2O2S. The predicted octanol–water partition coefficient (Wildman–Crippen LogP) is 3.12. The third kappa shape index (κ3) is 3.88. The molecule has 1 unspecified atom stereocenters. The van der Waals surface area contributed by atoms with Crippen LogP contribution in [0.5, 0.6) is 5.75 Å². The molecule has 1 heterocycles.